The molecule has 1 aliphatic heterocycles. The van der Waals surface area contributed by atoms with Gasteiger partial charge in [-0.05, 0) is 66.1 Å². The molecular formula is C29H34N6O. The van der Waals surface area contributed by atoms with Crippen LogP contribution < -0.4 is 4.74 Å². The third-order valence-corrected chi connectivity index (χ3v) is 6.24. The normalized spacial score (nSPS) is 13.5. The maximum Gasteiger partial charge on any atom is 0.258 e. The van der Waals surface area contributed by atoms with Crippen LogP contribution in [0.25, 0.3) is 28.2 Å². The van der Waals surface area contributed by atoms with E-state index in [9.17, 15) is 0 Å². The lowest BCUT2D eigenvalue weighted by Gasteiger charge is -2.14. The van der Waals surface area contributed by atoms with Gasteiger partial charge in [-0.15, -0.1) is 0 Å². The van der Waals surface area contributed by atoms with Gasteiger partial charge in [0.25, 0.3) is 5.88 Å². The molecule has 0 saturated carbocycles. The Bertz CT molecular complexity index is 1340. The van der Waals surface area contributed by atoms with E-state index < -0.39 is 0 Å². The molecule has 0 radical (unpaired) electrons. The largest absolute Gasteiger partial charge is 0.478 e. The van der Waals surface area contributed by atoms with Crippen LogP contribution in [0, 0.1) is 18.3 Å². The molecule has 36 heavy (non-hydrogen) atoms. The first-order chi connectivity index (χ1) is 17.4. The van der Waals surface area contributed by atoms with Crippen LogP contribution in [0.3, 0.4) is 0 Å². The number of aryl methyl sites for hydroxylation is 1. The third kappa shape index (κ3) is 5.73. The molecule has 0 N–H and O–H groups in total. The van der Waals surface area contributed by atoms with Gasteiger partial charge in [0.2, 0.25) is 5.65 Å². The topological polar surface area (TPSA) is 69.7 Å². The van der Waals surface area contributed by atoms with Gasteiger partial charge in [-0.25, -0.2) is 9.97 Å². The highest BCUT2D eigenvalue weighted by atomic mass is 16.5. The Morgan fingerprint density at radius 2 is 1.61 bits per heavy atom. The van der Waals surface area contributed by atoms with Crippen LogP contribution in [-0.4, -0.2) is 65.5 Å². The molecule has 7 heteroatoms. The van der Waals surface area contributed by atoms with Gasteiger partial charge in [0, 0.05) is 23.9 Å². The molecule has 1 aliphatic rings. The van der Waals surface area contributed by atoms with E-state index in [-0.39, 0.29) is 0 Å². The molecule has 0 atom stereocenters. The molecule has 4 aromatic rings. The summed E-state index contributed by atoms with van der Waals surface area (Å²) in [5.41, 5.74) is 7.08. The third-order valence-electron chi connectivity index (χ3n) is 6.24. The van der Waals surface area contributed by atoms with Crippen LogP contribution in [0.15, 0.2) is 54.7 Å². The van der Waals surface area contributed by atoms with E-state index >= 15 is 0 Å². The van der Waals surface area contributed by atoms with E-state index in [1.165, 1.54) is 31.5 Å². The van der Waals surface area contributed by atoms with Crippen molar-refractivity contribution in [3.63, 3.8) is 0 Å². The summed E-state index contributed by atoms with van der Waals surface area (Å²) in [4.78, 5) is 14.1. The van der Waals surface area contributed by atoms with Gasteiger partial charge >= 0.3 is 0 Å². The summed E-state index contributed by atoms with van der Waals surface area (Å²) in [6.45, 7) is 5.42. The average molecular weight is 483 g/mol. The van der Waals surface area contributed by atoms with Gasteiger partial charge in [-0.2, -0.15) is 5.26 Å². The number of benzene rings is 2. The Labute approximate surface area is 213 Å². The zero-order chi connectivity index (χ0) is 25.7. The number of ether oxygens (including phenoxy) is 1. The first-order valence-corrected chi connectivity index (χ1v) is 12.3. The highest BCUT2D eigenvalue weighted by Gasteiger charge is 2.20. The molecule has 186 valence electrons. The Morgan fingerprint density at radius 3 is 2.14 bits per heavy atom. The van der Waals surface area contributed by atoms with Gasteiger partial charge < -0.3 is 14.5 Å². The second-order valence-corrected chi connectivity index (χ2v) is 9.55. The average Bonchev–Trinajstić information content (AvgIpc) is 3.52. The molecule has 0 unspecified atom stereocenters. The molecule has 0 spiro atoms. The van der Waals surface area contributed by atoms with Crippen LogP contribution in [0.4, 0.5) is 0 Å². The van der Waals surface area contributed by atoms with Crippen molar-refractivity contribution >= 4 is 5.65 Å². The Kier molecular flexibility index (Phi) is 7.99. The zero-order valence-corrected chi connectivity index (χ0v) is 21.8. The van der Waals surface area contributed by atoms with Gasteiger partial charge in [0.05, 0.1) is 35.8 Å². The molecule has 0 bridgehead atoms. The van der Waals surface area contributed by atoms with Crippen LogP contribution >= 0.6 is 0 Å². The van der Waals surface area contributed by atoms with Crippen molar-refractivity contribution in [2.24, 2.45) is 0 Å². The minimum Gasteiger partial charge on any atom is -0.478 e. The van der Waals surface area contributed by atoms with E-state index in [1.807, 2.05) is 32.4 Å². The molecule has 5 rings (SSSR count). The SMILES string of the molecule is CN1CCCC1.COc1nc(-c2ccc(C#N)cc2)c(-c2ccc(C)cc2)n2cc(CN(C)C)nc12. The van der Waals surface area contributed by atoms with Crippen molar-refractivity contribution in [2.45, 2.75) is 26.3 Å². The number of hydrogen-bond donors (Lipinski definition) is 0. The number of hydrogen-bond acceptors (Lipinski definition) is 6. The first-order valence-electron chi connectivity index (χ1n) is 12.3. The van der Waals surface area contributed by atoms with Crippen molar-refractivity contribution in [1.29, 1.82) is 5.26 Å². The second kappa shape index (κ2) is 11.3. The Hall–Kier alpha value is -3.73. The molecule has 2 aromatic heterocycles. The second-order valence-electron chi connectivity index (χ2n) is 9.55. The monoisotopic (exact) mass is 482 g/mol. The minimum atomic E-state index is 0.468. The van der Waals surface area contributed by atoms with Crippen molar-refractivity contribution < 1.29 is 4.74 Å². The van der Waals surface area contributed by atoms with Gasteiger partial charge in [-0.3, -0.25) is 4.40 Å². The van der Waals surface area contributed by atoms with E-state index in [0.717, 1.165) is 28.2 Å². The Morgan fingerprint density at radius 1 is 0.972 bits per heavy atom. The van der Waals surface area contributed by atoms with Crippen molar-refractivity contribution in [2.75, 3.05) is 41.3 Å². The maximum absolute atomic E-state index is 9.15. The minimum absolute atomic E-state index is 0.468. The Balaban J connectivity index is 0.000000445. The van der Waals surface area contributed by atoms with Gasteiger partial charge in [0.15, 0.2) is 0 Å². The number of aromatic nitrogens is 3. The maximum atomic E-state index is 9.15. The number of methoxy groups -OCH3 is 1. The molecule has 7 nitrogen and oxygen atoms in total. The van der Waals surface area contributed by atoms with E-state index in [4.69, 9.17) is 20.0 Å². The lowest BCUT2D eigenvalue weighted by atomic mass is 10.0. The summed E-state index contributed by atoms with van der Waals surface area (Å²) in [5.74, 6) is 0.468. The van der Waals surface area contributed by atoms with Crippen LogP contribution in [0.2, 0.25) is 0 Å². The van der Waals surface area contributed by atoms with Crippen molar-refractivity contribution in [3.8, 4) is 34.5 Å². The lowest BCUT2D eigenvalue weighted by molar-refractivity contribution is 0.395. The highest BCUT2D eigenvalue weighted by Crippen LogP contribution is 2.35. The number of nitriles is 1. The van der Waals surface area contributed by atoms with Crippen molar-refractivity contribution in [1.82, 2.24) is 24.2 Å². The first kappa shape index (κ1) is 25.4. The number of imidazole rings is 1. The lowest BCUT2D eigenvalue weighted by Crippen LogP contribution is -2.10. The predicted molar refractivity (Wildman–Crippen MR) is 144 cm³/mol. The molecule has 1 fully saturated rings. The fourth-order valence-electron chi connectivity index (χ4n) is 4.37. The smallest absolute Gasteiger partial charge is 0.258 e. The molecule has 3 heterocycles. The molecular weight excluding hydrogens is 448 g/mol. The van der Waals surface area contributed by atoms with Crippen LogP contribution in [-0.2, 0) is 6.54 Å². The predicted octanol–water partition coefficient (Wildman–Crippen LogP) is 5.03. The molecule has 0 aliphatic carbocycles. The number of rotatable bonds is 5. The van der Waals surface area contributed by atoms with E-state index in [2.05, 4.69) is 58.5 Å². The quantitative estimate of drug-likeness (QED) is 0.398. The van der Waals surface area contributed by atoms with Crippen molar-refractivity contribution in [3.05, 3.63) is 71.5 Å². The summed E-state index contributed by atoms with van der Waals surface area (Å²) in [6.07, 6.45) is 4.87. The number of fused-ring (bicyclic) bond motifs is 1. The molecule has 1 saturated heterocycles. The van der Waals surface area contributed by atoms with Crippen LogP contribution in [0.5, 0.6) is 5.88 Å². The fraction of sp³-hybridized carbons (Fsp3) is 0.345. The summed E-state index contributed by atoms with van der Waals surface area (Å²) >= 11 is 0. The zero-order valence-electron chi connectivity index (χ0n) is 21.8. The standard InChI is InChI=1S/C24H23N5O.C5H11N/c1-16-5-9-19(10-6-16)22-21(18-11-7-17(13-25)8-12-18)27-24(30-4)23-26-20(14-28(2)3)15-29(22)23;1-6-4-2-3-5-6/h5-12,15H,14H2,1-4H3;2-5H2,1H3. The van der Waals surface area contributed by atoms with E-state index in [0.29, 0.717) is 23.6 Å². The summed E-state index contributed by atoms with van der Waals surface area (Å²) in [6, 6.07) is 18.0. The van der Waals surface area contributed by atoms with Gasteiger partial charge in [0.1, 0.15) is 0 Å². The summed E-state index contributed by atoms with van der Waals surface area (Å²) in [7, 11) is 7.81. The summed E-state index contributed by atoms with van der Waals surface area (Å²) < 4.78 is 7.66. The number of likely N-dealkylation sites (tertiary alicyclic amines) is 1. The van der Waals surface area contributed by atoms with E-state index in [1.54, 1.807) is 19.2 Å². The fourth-order valence-corrected chi connectivity index (χ4v) is 4.37. The van der Waals surface area contributed by atoms with Gasteiger partial charge in [-0.1, -0.05) is 42.0 Å². The summed E-state index contributed by atoms with van der Waals surface area (Å²) in [5, 5.41) is 9.15. The highest BCUT2D eigenvalue weighted by molar-refractivity contribution is 5.81. The molecule has 2 aromatic carbocycles. The molecule has 0 amide bonds. The van der Waals surface area contributed by atoms with Crippen LogP contribution in [0.1, 0.15) is 29.7 Å². The number of nitrogens with zero attached hydrogens (tertiary/aromatic N) is 6.